The van der Waals surface area contributed by atoms with Gasteiger partial charge in [0, 0.05) is 36.6 Å². The molecule has 1 N–H and O–H groups in total. The van der Waals surface area contributed by atoms with Crippen molar-refractivity contribution >= 4 is 34.8 Å². The zero-order valence-electron chi connectivity index (χ0n) is 14.5. The van der Waals surface area contributed by atoms with Gasteiger partial charge in [-0.05, 0) is 18.9 Å². The first-order chi connectivity index (χ1) is 11.6. The molecule has 0 radical (unpaired) electrons. The molecule has 1 aromatic carbocycles. The molecule has 0 aromatic heterocycles. The van der Waals surface area contributed by atoms with Crippen LogP contribution in [-0.4, -0.2) is 34.7 Å². The number of non-ortho nitro benzene ring substituents is 1. The van der Waals surface area contributed by atoms with Crippen LogP contribution in [0.5, 0.6) is 0 Å². The van der Waals surface area contributed by atoms with E-state index < -0.39 is 10.3 Å². The van der Waals surface area contributed by atoms with Gasteiger partial charge in [0.05, 0.1) is 15.6 Å². The van der Waals surface area contributed by atoms with E-state index in [1.165, 1.54) is 18.2 Å². The van der Waals surface area contributed by atoms with E-state index in [1.54, 1.807) is 4.90 Å². The third kappa shape index (κ3) is 4.69. The Balaban J connectivity index is 1.95. The van der Waals surface area contributed by atoms with Crippen LogP contribution in [0.4, 0.5) is 11.4 Å². The quantitative estimate of drug-likeness (QED) is 0.653. The molecule has 2 rings (SSSR count). The van der Waals surface area contributed by atoms with Crippen LogP contribution in [0.15, 0.2) is 18.2 Å². The highest BCUT2D eigenvalue weighted by Crippen LogP contribution is 2.29. The molecule has 0 bridgehead atoms. The summed E-state index contributed by atoms with van der Waals surface area (Å²) in [6, 6.07) is 3.94. The standard InChI is InChI=1S/C17H22ClN3O4/c1-17(2,3)16(23)20-8-6-11(7-9-20)15(22)19-14-5-4-12(21(24)25)10-13(14)18/h4-5,10-11H,6-9H2,1-3H3,(H,19,22). The van der Waals surface area contributed by atoms with Crippen molar-refractivity contribution in [2.75, 3.05) is 18.4 Å². The minimum absolute atomic E-state index is 0.0878. The van der Waals surface area contributed by atoms with Gasteiger partial charge >= 0.3 is 0 Å². The van der Waals surface area contributed by atoms with Crippen molar-refractivity contribution in [2.24, 2.45) is 11.3 Å². The van der Waals surface area contributed by atoms with Crippen molar-refractivity contribution in [2.45, 2.75) is 33.6 Å². The lowest BCUT2D eigenvalue weighted by Crippen LogP contribution is -2.45. The minimum atomic E-state index is -0.542. The second kappa shape index (κ2) is 7.39. The summed E-state index contributed by atoms with van der Waals surface area (Å²) in [6.45, 7) is 6.73. The fourth-order valence-corrected chi connectivity index (χ4v) is 2.99. The fraction of sp³-hybridized carbons (Fsp3) is 0.529. The molecule has 1 aromatic rings. The van der Waals surface area contributed by atoms with E-state index >= 15 is 0 Å². The molecular weight excluding hydrogens is 346 g/mol. The molecule has 0 spiro atoms. The first-order valence-corrected chi connectivity index (χ1v) is 8.51. The summed E-state index contributed by atoms with van der Waals surface area (Å²) < 4.78 is 0. The summed E-state index contributed by atoms with van der Waals surface area (Å²) in [5.74, 6) is -0.307. The van der Waals surface area contributed by atoms with Crippen LogP contribution in [0.25, 0.3) is 0 Å². The first-order valence-electron chi connectivity index (χ1n) is 8.14. The number of nitro groups is 1. The number of carbonyl (C=O) groups excluding carboxylic acids is 2. The van der Waals surface area contributed by atoms with Crippen LogP contribution < -0.4 is 5.32 Å². The molecule has 1 fully saturated rings. The smallest absolute Gasteiger partial charge is 0.271 e. The highest BCUT2D eigenvalue weighted by Gasteiger charge is 2.32. The van der Waals surface area contributed by atoms with Gasteiger partial charge in [-0.2, -0.15) is 0 Å². The number of nitrogens with zero attached hydrogens (tertiary/aromatic N) is 2. The zero-order chi connectivity index (χ0) is 18.8. The molecule has 0 atom stereocenters. The van der Waals surface area contributed by atoms with Gasteiger partial charge < -0.3 is 10.2 Å². The zero-order valence-corrected chi connectivity index (χ0v) is 15.3. The van der Waals surface area contributed by atoms with Crippen LogP contribution in [0, 0.1) is 21.4 Å². The number of likely N-dealkylation sites (tertiary alicyclic amines) is 1. The van der Waals surface area contributed by atoms with Gasteiger partial charge in [0.25, 0.3) is 5.69 Å². The number of rotatable bonds is 3. The van der Waals surface area contributed by atoms with E-state index in [1.807, 2.05) is 20.8 Å². The average molecular weight is 368 g/mol. The van der Waals surface area contributed by atoms with Gasteiger partial charge in [-0.15, -0.1) is 0 Å². The van der Waals surface area contributed by atoms with Crippen molar-refractivity contribution in [1.29, 1.82) is 0 Å². The molecule has 0 aliphatic carbocycles. The van der Waals surface area contributed by atoms with E-state index in [4.69, 9.17) is 11.6 Å². The first kappa shape index (κ1) is 19.2. The second-order valence-electron chi connectivity index (χ2n) is 7.23. The van der Waals surface area contributed by atoms with E-state index in [9.17, 15) is 19.7 Å². The molecule has 1 saturated heterocycles. The highest BCUT2D eigenvalue weighted by molar-refractivity contribution is 6.34. The number of carbonyl (C=O) groups is 2. The SMILES string of the molecule is CC(C)(C)C(=O)N1CCC(C(=O)Nc2ccc([N+](=O)[O-])cc2Cl)CC1. The Kier molecular flexibility index (Phi) is 5.67. The number of amides is 2. The monoisotopic (exact) mass is 367 g/mol. The lowest BCUT2D eigenvalue weighted by molar-refractivity contribution is -0.384. The van der Waals surface area contributed by atoms with Crippen LogP contribution >= 0.6 is 11.6 Å². The van der Waals surface area contributed by atoms with Gasteiger partial charge in [-0.3, -0.25) is 19.7 Å². The number of halogens is 1. The molecule has 0 saturated carbocycles. The van der Waals surface area contributed by atoms with Gasteiger partial charge in [-0.1, -0.05) is 32.4 Å². The largest absolute Gasteiger partial charge is 0.342 e. The topological polar surface area (TPSA) is 92.6 Å². The van der Waals surface area contributed by atoms with Gasteiger partial charge in [0.1, 0.15) is 0 Å². The van der Waals surface area contributed by atoms with Crippen LogP contribution in [0.2, 0.25) is 5.02 Å². The summed E-state index contributed by atoms with van der Waals surface area (Å²) >= 11 is 6.00. The van der Waals surface area contributed by atoms with E-state index in [-0.39, 0.29) is 28.4 Å². The predicted octanol–water partition coefficient (Wildman–Crippen LogP) is 3.47. The predicted molar refractivity (Wildman–Crippen MR) is 95.5 cm³/mol. The Morgan fingerprint density at radius 1 is 1.28 bits per heavy atom. The molecule has 136 valence electrons. The van der Waals surface area contributed by atoms with Gasteiger partial charge in [-0.25, -0.2) is 0 Å². The summed E-state index contributed by atoms with van der Waals surface area (Å²) in [5.41, 5.74) is -0.205. The molecule has 0 unspecified atom stereocenters. The summed E-state index contributed by atoms with van der Waals surface area (Å²) in [7, 11) is 0. The third-order valence-electron chi connectivity index (χ3n) is 4.22. The number of piperidine rings is 1. The normalized spacial score (nSPS) is 15.8. The summed E-state index contributed by atoms with van der Waals surface area (Å²) in [6.07, 6.45) is 1.16. The fourth-order valence-electron chi connectivity index (χ4n) is 2.77. The van der Waals surface area contributed by atoms with Crippen LogP contribution in [-0.2, 0) is 9.59 Å². The van der Waals surface area contributed by atoms with Gasteiger partial charge in [0.2, 0.25) is 11.8 Å². The number of nitrogens with one attached hydrogen (secondary N) is 1. The maximum absolute atomic E-state index is 12.4. The number of nitro benzene ring substituents is 1. The number of benzene rings is 1. The van der Waals surface area contributed by atoms with E-state index in [0.717, 1.165) is 0 Å². The maximum Gasteiger partial charge on any atom is 0.271 e. The lowest BCUT2D eigenvalue weighted by atomic mass is 9.90. The summed E-state index contributed by atoms with van der Waals surface area (Å²) in [5, 5.41) is 13.6. The molecule has 8 heteroatoms. The van der Waals surface area contributed by atoms with Crippen molar-refractivity contribution in [3.8, 4) is 0 Å². The van der Waals surface area contributed by atoms with Crippen LogP contribution in [0.1, 0.15) is 33.6 Å². The Morgan fingerprint density at radius 2 is 1.88 bits per heavy atom. The number of anilines is 1. The number of hydrogen-bond donors (Lipinski definition) is 1. The Labute approximate surface area is 151 Å². The van der Waals surface area contributed by atoms with E-state index in [2.05, 4.69) is 5.32 Å². The minimum Gasteiger partial charge on any atom is -0.342 e. The van der Waals surface area contributed by atoms with E-state index in [0.29, 0.717) is 31.6 Å². The van der Waals surface area contributed by atoms with Crippen molar-refractivity contribution in [1.82, 2.24) is 4.90 Å². The van der Waals surface area contributed by atoms with Crippen molar-refractivity contribution in [3.05, 3.63) is 33.3 Å². The van der Waals surface area contributed by atoms with Crippen molar-refractivity contribution < 1.29 is 14.5 Å². The third-order valence-corrected chi connectivity index (χ3v) is 4.53. The summed E-state index contributed by atoms with van der Waals surface area (Å²) in [4.78, 5) is 36.6. The van der Waals surface area contributed by atoms with Gasteiger partial charge in [0.15, 0.2) is 0 Å². The molecule has 25 heavy (non-hydrogen) atoms. The second-order valence-corrected chi connectivity index (χ2v) is 7.63. The Bertz CT molecular complexity index is 692. The molecule has 1 aliphatic heterocycles. The lowest BCUT2D eigenvalue weighted by Gasteiger charge is -2.35. The molecule has 2 amide bonds. The number of hydrogen-bond acceptors (Lipinski definition) is 4. The molecule has 7 nitrogen and oxygen atoms in total. The maximum atomic E-state index is 12.4. The molecule has 1 heterocycles. The molecule has 1 aliphatic rings. The molecular formula is C17H22ClN3O4. The Hall–Kier alpha value is -2.15. The highest BCUT2D eigenvalue weighted by atomic mass is 35.5. The van der Waals surface area contributed by atoms with Crippen molar-refractivity contribution in [3.63, 3.8) is 0 Å². The average Bonchev–Trinajstić information content (AvgIpc) is 2.55. The Morgan fingerprint density at radius 3 is 2.36 bits per heavy atom. The van der Waals surface area contributed by atoms with Crippen LogP contribution in [0.3, 0.4) is 0 Å².